The average molecular weight is 175 g/mol. The number of nitrogens with one attached hydrogen (secondary N) is 1. The summed E-state index contributed by atoms with van der Waals surface area (Å²) in [5.74, 6) is 0.918. The highest BCUT2D eigenvalue weighted by atomic mass is 14.9. The van der Waals surface area contributed by atoms with Crippen molar-refractivity contribution in [3.8, 4) is 0 Å². The van der Waals surface area contributed by atoms with Gasteiger partial charge in [0.25, 0.3) is 0 Å². The molecule has 1 unspecified atom stereocenters. The monoisotopic (exact) mass is 175 g/mol. The van der Waals surface area contributed by atoms with Gasteiger partial charge in [-0.15, -0.1) is 0 Å². The Morgan fingerprint density at radius 1 is 1.23 bits per heavy atom. The summed E-state index contributed by atoms with van der Waals surface area (Å²) < 4.78 is 0. The van der Waals surface area contributed by atoms with E-state index in [2.05, 4.69) is 43.4 Å². The fourth-order valence-corrected chi connectivity index (χ4v) is 1.63. The first kappa shape index (κ1) is 8.61. The molecule has 0 amide bonds. The van der Waals surface area contributed by atoms with E-state index < -0.39 is 0 Å². The number of anilines is 1. The van der Waals surface area contributed by atoms with Gasteiger partial charge < -0.3 is 5.32 Å². The minimum absolute atomic E-state index is 0.641. The van der Waals surface area contributed by atoms with Crippen molar-refractivity contribution in [1.29, 1.82) is 0 Å². The molecule has 1 N–H and O–H groups in total. The van der Waals surface area contributed by atoms with Crippen molar-refractivity contribution in [2.45, 2.75) is 32.7 Å². The lowest BCUT2D eigenvalue weighted by molar-refractivity contribution is 0.694. The molecule has 0 aliphatic heterocycles. The van der Waals surface area contributed by atoms with Gasteiger partial charge in [-0.1, -0.05) is 17.7 Å². The highest BCUT2D eigenvalue weighted by Crippen LogP contribution is 2.33. The molecular weight excluding hydrogens is 158 g/mol. The topological polar surface area (TPSA) is 12.0 Å². The van der Waals surface area contributed by atoms with Crippen LogP contribution in [0.25, 0.3) is 0 Å². The van der Waals surface area contributed by atoms with E-state index in [0.717, 1.165) is 5.92 Å². The Morgan fingerprint density at radius 2 is 1.85 bits per heavy atom. The minimum Gasteiger partial charge on any atom is -0.382 e. The molecule has 1 heteroatoms. The van der Waals surface area contributed by atoms with Crippen LogP contribution in [0.15, 0.2) is 24.3 Å². The summed E-state index contributed by atoms with van der Waals surface area (Å²) in [6.07, 6.45) is 2.81. The van der Waals surface area contributed by atoms with E-state index in [9.17, 15) is 0 Å². The molecule has 1 nitrogen and oxygen atoms in total. The number of benzene rings is 1. The normalized spacial score (nSPS) is 18.3. The highest BCUT2D eigenvalue weighted by molar-refractivity contribution is 5.45. The standard InChI is InChI=1S/C12H17N/c1-9-3-7-12(8-4-9)13-10(2)11-5-6-11/h3-4,7-8,10-11,13H,5-6H2,1-2H3. The summed E-state index contributed by atoms with van der Waals surface area (Å²) in [5.41, 5.74) is 2.58. The van der Waals surface area contributed by atoms with Crippen molar-refractivity contribution in [2.24, 2.45) is 5.92 Å². The van der Waals surface area contributed by atoms with Gasteiger partial charge in [0.05, 0.1) is 0 Å². The molecule has 1 fully saturated rings. The predicted molar refractivity (Wildman–Crippen MR) is 57.0 cm³/mol. The van der Waals surface area contributed by atoms with Gasteiger partial charge in [-0.25, -0.2) is 0 Å². The lowest BCUT2D eigenvalue weighted by atomic mass is 10.2. The van der Waals surface area contributed by atoms with Crippen LogP contribution in [-0.4, -0.2) is 6.04 Å². The summed E-state index contributed by atoms with van der Waals surface area (Å²) in [4.78, 5) is 0. The lowest BCUT2D eigenvalue weighted by Crippen LogP contribution is -2.16. The van der Waals surface area contributed by atoms with Gasteiger partial charge in [0.15, 0.2) is 0 Å². The molecule has 1 aromatic carbocycles. The second-order valence-corrected chi connectivity index (χ2v) is 4.14. The van der Waals surface area contributed by atoms with E-state index in [1.807, 2.05) is 0 Å². The van der Waals surface area contributed by atoms with Crippen LogP contribution in [0.5, 0.6) is 0 Å². The molecule has 2 rings (SSSR count). The van der Waals surface area contributed by atoms with Crippen LogP contribution in [0.3, 0.4) is 0 Å². The van der Waals surface area contributed by atoms with E-state index >= 15 is 0 Å². The van der Waals surface area contributed by atoms with Gasteiger partial charge in [0.1, 0.15) is 0 Å². The molecule has 1 saturated carbocycles. The van der Waals surface area contributed by atoms with Crippen molar-refractivity contribution in [2.75, 3.05) is 5.32 Å². The third kappa shape index (κ3) is 2.24. The van der Waals surface area contributed by atoms with Crippen molar-refractivity contribution < 1.29 is 0 Å². The molecule has 1 atom stereocenters. The lowest BCUT2D eigenvalue weighted by Gasteiger charge is -2.14. The predicted octanol–water partition coefficient (Wildman–Crippen LogP) is 3.21. The summed E-state index contributed by atoms with van der Waals surface area (Å²) >= 11 is 0. The minimum atomic E-state index is 0.641. The maximum Gasteiger partial charge on any atom is 0.0342 e. The van der Waals surface area contributed by atoms with Crippen LogP contribution in [-0.2, 0) is 0 Å². The van der Waals surface area contributed by atoms with E-state index in [1.54, 1.807) is 0 Å². The fourth-order valence-electron chi connectivity index (χ4n) is 1.63. The maximum absolute atomic E-state index is 3.53. The molecule has 1 aromatic rings. The van der Waals surface area contributed by atoms with Crippen molar-refractivity contribution in [3.05, 3.63) is 29.8 Å². The highest BCUT2D eigenvalue weighted by Gasteiger charge is 2.27. The van der Waals surface area contributed by atoms with Crippen LogP contribution in [0.2, 0.25) is 0 Å². The summed E-state index contributed by atoms with van der Waals surface area (Å²) in [6, 6.07) is 9.27. The SMILES string of the molecule is Cc1ccc(NC(C)C2CC2)cc1. The Morgan fingerprint density at radius 3 is 2.38 bits per heavy atom. The van der Waals surface area contributed by atoms with Gasteiger partial charge in [0.2, 0.25) is 0 Å². The first-order chi connectivity index (χ1) is 6.25. The molecule has 0 aromatic heterocycles. The molecule has 1 aliphatic carbocycles. The van der Waals surface area contributed by atoms with Gasteiger partial charge in [-0.3, -0.25) is 0 Å². The summed E-state index contributed by atoms with van der Waals surface area (Å²) in [6.45, 7) is 4.39. The van der Waals surface area contributed by atoms with Gasteiger partial charge in [-0.2, -0.15) is 0 Å². The van der Waals surface area contributed by atoms with E-state index in [4.69, 9.17) is 0 Å². The third-order valence-corrected chi connectivity index (χ3v) is 2.78. The molecular formula is C12H17N. The van der Waals surface area contributed by atoms with Crippen molar-refractivity contribution >= 4 is 5.69 Å². The Kier molecular flexibility index (Phi) is 2.26. The Hall–Kier alpha value is -0.980. The molecule has 13 heavy (non-hydrogen) atoms. The summed E-state index contributed by atoms with van der Waals surface area (Å²) in [7, 11) is 0. The zero-order chi connectivity index (χ0) is 9.26. The van der Waals surface area contributed by atoms with Crippen LogP contribution in [0.4, 0.5) is 5.69 Å². The van der Waals surface area contributed by atoms with Crippen LogP contribution >= 0.6 is 0 Å². The van der Waals surface area contributed by atoms with E-state index in [-0.39, 0.29) is 0 Å². The quantitative estimate of drug-likeness (QED) is 0.743. The number of rotatable bonds is 3. The van der Waals surface area contributed by atoms with Gasteiger partial charge in [-0.05, 0) is 44.7 Å². The molecule has 0 heterocycles. The second kappa shape index (κ2) is 3.41. The van der Waals surface area contributed by atoms with E-state index in [1.165, 1.54) is 24.1 Å². The molecule has 1 aliphatic rings. The second-order valence-electron chi connectivity index (χ2n) is 4.14. The van der Waals surface area contributed by atoms with E-state index in [0.29, 0.717) is 6.04 Å². The maximum atomic E-state index is 3.53. The van der Waals surface area contributed by atoms with Crippen molar-refractivity contribution in [1.82, 2.24) is 0 Å². The number of hydrogen-bond donors (Lipinski definition) is 1. The zero-order valence-corrected chi connectivity index (χ0v) is 8.38. The van der Waals surface area contributed by atoms with Crippen molar-refractivity contribution in [3.63, 3.8) is 0 Å². The van der Waals surface area contributed by atoms with Gasteiger partial charge in [0, 0.05) is 11.7 Å². The number of hydrogen-bond acceptors (Lipinski definition) is 1. The molecule has 0 bridgehead atoms. The smallest absolute Gasteiger partial charge is 0.0342 e. The number of aryl methyl sites for hydroxylation is 1. The Balaban J connectivity index is 1.96. The first-order valence-electron chi connectivity index (χ1n) is 5.09. The largest absolute Gasteiger partial charge is 0.382 e. The zero-order valence-electron chi connectivity index (χ0n) is 8.38. The third-order valence-electron chi connectivity index (χ3n) is 2.78. The van der Waals surface area contributed by atoms with Gasteiger partial charge >= 0.3 is 0 Å². The molecule has 0 radical (unpaired) electrons. The average Bonchev–Trinajstić information content (AvgIpc) is 2.91. The van der Waals surface area contributed by atoms with Crippen LogP contribution in [0.1, 0.15) is 25.3 Å². The fraction of sp³-hybridized carbons (Fsp3) is 0.500. The van der Waals surface area contributed by atoms with Crippen LogP contribution < -0.4 is 5.32 Å². The summed E-state index contributed by atoms with van der Waals surface area (Å²) in [5, 5.41) is 3.53. The first-order valence-corrected chi connectivity index (χ1v) is 5.09. The molecule has 0 saturated heterocycles. The molecule has 0 spiro atoms. The molecule has 70 valence electrons. The Labute approximate surface area is 80.2 Å². The Bertz CT molecular complexity index is 272. The van der Waals surface area contributed by atoms with Crippen LogP contribution in [0, 0.1) is 12.8 Å².